The minimum Gasteiger partial charge on any atom is -0.288 e. The van der Waals surface area contributed by atoms with E-state index in [0.29, 0.717) is 0 Å². The standard InChI is InChI=1S/C9H19NS/c1-7(2)9-5-11-6-10(9)8(3)4/h7-9H,5-6H2,1-4H3/t9-/m0/s1. The summed E-state index contributed by atoms with van der Waals surface area (Å²) in [6.45, 7) is 9.24. The van der Waals surface area contributed by atoms with Gasteiger partial charge in [0.1, 0.15) is 0 Å². The molecule has 0 N–H and O–H groups in total. The van der Waals surface area contributed by atoms with Crippen molar-refractivity contribution in [3.8, 4) is 0 Å². The second kappa shape index (κ2) is 3.81. The first-order valence-corrected chi connectivity index (χ1v) is 5.62. The molecule has 66 valence electrons. The predicted octanol–water partition coefficient (Wildman–Crippen LogP) is 2.43. The Morgan fingerprint density at radius 2 is 1.91 bits per heavy atom. The quantitative estimate of drug-likeness (QED) is 0.631. The van der Waals surface area contributed by atoms with E-state index in [9.17, 15) is 0 Å². The van der Waals surface area contributed by atoms with Crippen molar-refractivity contribution in [1.82, 2.24) is 4.90 Å². The van der Waals surface area contributed by atoms with Crippen LogP contribution >= 0.6 is 11.8 Å². The molecule has 1 aliphatic rings. The molecule has 0 radical (unpaired) electrons. The van der Waals surface area contributed by atoms with E-state index in [1.165, 1.54) is 11.6 Å². The molecule has 1 saturated heterocycles. The Morgan fingerprint density at radius 3 is 2.27 bits per heavy atom. The minimum absolute atomic E-state index is 0.720. The van der Waals surface area contributed by atoms with Gasteiger partial charge in [-0.1, -0.05) is 13.8 Å². The fraction of sp³-hybridized carbons (Fsp3) is 1.00. The van der Waals surface area contributed by atoms with Crippen LogP contribution in [0.3, 0.4) is 0 Å². The molecule has 0 amide bonds. The van der Waals surface area contributed by atoms with Crippen molar-refractivity contribution in [2.75, 3.05) is 11.6 Å². The summed E-state index contributed by atoms with van der Waals surface area (Å²) in [7, 11) is 0. The second-order valence-corrected chi connectivity index (χ2v) is 4.92. The van der Waals surface area contributed by atoms with Crippen LogP contribution in [0.15, 0.2) is 0 Å². The zero-order valence-electron chi connectivity index (χ0n) is 8.00. The van der Waals surface area contributed by atoms with Crippen LogP contribution in [-0.2, 0) is 0 Å². The summed E-state index contributed by atoms with van der Waals surface area (Å²) in [6.07, 6.45) is 0. The molecule has 0 unspecified atom stereocenters. The van der Waals surface area contributed by atoms with Crippen LogP contribution in [0, 0.1) is 5.92 Å². The number of thioether (sulfide) groups is 1. The first-order valence-electron chi connectivity index (χ1n) is 4.46. The highest BCUT2D eigenvalue weighted by Crippen LogP contribution is 2.27. The van der Waals surface area contributed by atoms with Gasteiger partial charge in [0.15, 0.2) is 0 Å². The maximum Gasteiger partial charge on any atom is 0.0450 e. The van der Waals surface area contributed by atoms with E-state index in [1.807, 2.05) is 0 Å². The number of hydrogen-bond acceptors (Lipinski definition) is 2. The lowest BCUT2D eigenvalue weighted by Crippen LogP contribution is -2.39. The lowest BCUT2D eigenvalue weighted by atomic mass is 10.0. The molecule has 0 aromatic rings. The SMILES string of the molecule is CC(C)[C@@H]1CSCN1C(C)C. The lowest BCUT2D eigenvalue weighted by molar-refractivity contribution is 0.175. The van der Waals surface area contributed by atoms with Crippen molar-refractivity contribution < 1.29 is 0 Å². The van der Waals surface area contributed by atoms with Gasteiger partial charge in [-0.25, -0.2) is 0 Å². The van der Waals surface area contributed by atoms with Crippen LogP contribution in [0.1, 0.15) is 27.7 Å². The molecule has 0 aromatic heterocycles. The Morgan fingerprint density at radius 1 is 1.27 bits per heavy atom. The third-order valence-electron chi connectivity index (χ3n) is 2.39. The van der Waals surface area contributed by atoms with Gasteiger partial charge in [-0.05, 0) is 19.8 Å². The third kappa shape index (κ3) is 2.12. The molecule has 1 aliphatic heterocycles. The van der Waals surface area contributed by atoms with Crippen molar-refractivity contribution in [3.63, 3.8) is 0 Å². The lowest BCUT2D eigenvalue weighted by Gasteiger charge is -2.29. The first kappa shape index (κ1) is 9.40. The molecule has 0 aromatic carbocycles. The van der Waals surface area contributed by atoms with E-state index in [4.69, 9.17) is 0 Å². The zero-order valence-corrected chi connectivity index (χ0v) is 8.82. The molecule has 0 bridgehead atoms. The van der Waals surface area contributed by atoms with Crippen LogP contribution < -0.4 is 0 Å². The van der Waals surface area contributed by atoms with Gasteiger partial charge in [0.05, 0.1) is 0 Å². The fourth-order valence-corrected chi connectivity index (χ4v) is 3.20. The summed E-state index contributed by atoms with van der Waals surface area (Å²) in [5.41, 5.74) is 0. The normalized spacial score (nSPS) is 27.3. The van der Waals surface area contributed by atoms with E-state index < -0.39 is 0 Å². The molecular formula is C9H19NS. The minimum atomic E-state index is 0.720. The van der Waals surface area contributed by atoms with E-state index in [1.54, 1.807) is 0 Å². The summed E-state index contributed by atoms with van der Waals surface area (Å²) in [4.78, 5) is 2.61. The van der Waals surface area contributed by atoms with Gasteiger partial charge in [0, 0.05) is 23.7 Å². The smallest absolute Gasteiger partial charge is 0.0450 e. The van der Waals surface area contributed by atoms with Crippen molar-refractivity contribution >= 4 is 11.8 Å². The van der Waals surface area contributed by atoms with Crippen LogP contribution in [0.25, 0.3) is 0 Å². The highest BCUT2D eigenvalue weighted by Gasteiger charge is 2.28. The average Bonchev–Trinajstić information content (AvgIpc) is 2.32. The molecule has 1 rings (SSSR count). The molecule has 0 aliphatic carbocycles. The van der Waals surface area contributed by atoms with Gasteiger partial charge in [-0.3, -0.25) is 4.90 Å². The summed E-state index contributed by atoms with van der Waals surface area (Å²) in [5.74, 6) is 3.38. The van der Waals surface area contributed by atoms with Crippen molar-refractivity contribution in [3.05, 3.63) is 0 Å². The zero-order chi connectivity index (χ0) is 8.43. The van der Waals surface area contributed by atoms with Gasteiger partial charge in [-0.2, -0.15) is 0 Å². The molecule has 0 saturated carbocycles. The maximum atomic E-state index is 2.61. The molecule has 1 heterocycles. The second-order valence-electron chi connectivity index (χ2n) is 3.92. The molecular weight excluding hydrogens is 154 g/mol. The largest absolute Gasteiger partial charge is 0.288 e. The highest BCUT2D eigenvalue weighted by molar-refractivity contribution is 7.99. The summed E-state index contributed by atoms with van der Waals surface area (Å²) >= 11 is 2.07. The highest BCUT2D eigenvalue weighted by atomic mass is 32.2. The Kier molecular flexibility index (Phi) is 3.26. The Labute approximate surface area is 74.5 Å². The molecule has 1 nitrogen and oxygen atoms in total. The summed E-state index contributed by atoms with van der Waals surface area (Å²) in [5, 5.41) is 0. The van der Waals surface area contributed by atoms with Crippen LogP contribution in [0.2, 0.25) is 0 Å². The maximum absolute atomic E-state index is 2.61. The molecule has 1 atom stereocenters. The molecule has 1 fully saturated rings. The average molecular weight is 173 g/mol. The van der Waals surface area contributed by atoms with Crippen molar-refractivity contribution in [2.24, 2.45) is 5.92 Å². The van der Waals surface area contributed by atoms with Crippen LogP contribution in [0.5, 0.6) is 0 Å². The van der Waals surface area contributed by atoms with Crippen molar-refractivity contribution in [1.29, 1.82) is 0 Å². The summed E-state index contributed by atoms with van der Waals surface area (Å²) < 4.78 is 0. The Bertz CT molecular complexity index is 109. The Hall–Kier alpha value is 0.310. The van der Waals surface area contributed by atoms with E-state index >= 15 is 0 Å². The topological polar surface area (TPSA) is 3.24 Å². The summed E-state index contributed by atoms with van der Waals surface area (Å²) in [6, 6.07) is 1.54. The van der Waals surface area contributed by atoms with Gasteiger partial charge in [0.2, 0.25) is 0 Å². The van der Waals surface area contributed by atoms with Crippen LogP contribution in [-0.4, -0.2) is 28.6 Å². The van der Waals surface area contributed by atoms with Gasteiger partial charge in [-0.15, -0.1) is 11.8 Å². The van der Waals surface area contributed by atoms with E-state index in [0.717, 1.165) is 18.0 Å². The molecule has 2 heteroatoms. The van der Waals surface area contributed by atoms with Crippen LogP contribution in [0.4, 0.5) is 0 Å². The Balaban J connectivity index is 2.51. The van der Waals surface area contributed by atoms with Crippen molar-refractivity contribution in [2.45, 2.75) is 39.8 Å². The molecule has 0 spiro atoms. The number of rotatable bonds is 2. The third-order valence-corrected chi connectivity index (χ3v) is 3.45. The number of nitrogens with zero attached hydrogens (tertiary/aromatic N) is 1. The van der Waals surface area contributed by atoms with E-state index in [2.05, 4.69) is 44.4 Å². The number of hydrogen-bond donors (Lipinski definition) is 0. The van der Waals surface area contributed by atoms with E-state index in [-0.39, 0.29) is 0 Å². The first-order chi connectivity index (χ1) is 5.13. The van der Waals surface area contributed by atoms with Gasteiger partial charge < -0.3 is 0 Å². The fourth-order valence-electron chi connectivity index (χ4n) is 1.58. The van der Waals surface area contributed by atoms with Gasteiger partial charge in [0.25, 0.3) is 0 Å². The predicted molar refractivity (Wildman–Crippen MR) is 52.9 cm³/mol. The monoisotopic (exact) mass is 173 g/mol. The van der Waals surface area contributed by atoms with Gasteiger partial charge >= 0.3 is 0 Å². The molecule has 11 heavy (non-hydrogen) atoms.